The van der Waals surface area contributed by atoms with Crippen LogP contribution in [0.25, 0.3) is 11.0 Å². The van der Waals surface area contributed by atoms with Crippen molar-refractivity contribution in [2.75, 3.05) is 20.2 Å². The molecule has 2 aromatic heterocycles. The van der Waals surface area contributed by atoms with Crippen molar-refractivity contribution in [1.29, 1.82) is 0 Å². The predicted octanol–water partition coefficient (Wildman–Crippen LogP) is 2.88. The lowest BCUT2D eigenvalue weighted by Crippen LogP contribution is -2.45. The number of nitrogens with zero attached hydrogens (tertiary/aromatic N) is 2. The number of likely N-dealkylation sites (tertiary alicyclic amines) is 1. The number of hydrogen-bond acceptors (Lipinski definition) is 6. The number of hydrogen-bond donors (Lipinski definition) is 0. The third-order valence-electron chi connectivity index (χ3n) is 4.79. The molecule has 1 fully saturated rings. The van der Waals surface area contributed by atoms with Gasteiger partial charge in [-0.2, -0.15) is 0 Å². The summed E-state index contributed by atoms with van der Waals surface area (Å²) in [5.41, 5.74) is -0.311. The van der Waals surface area contributed by atoms with E-state index in [1.165, 1.54) is 7.11 Å². The summed E-state index contributed by atoms with van der Waals surface area (Å²) >= 11 is 0. The molecule has 0 spiro atoms. The van der Waals surface area contributed by atoms with E-state index in [9.17, 15) is 9.59 Å². The van der Waals surface area contributed by atoms with Crippen LogP contribution in [-0.4, -0.2) is 42.1 Å². The molecule has 0 saturated carbocycles. The van der Waals surface area contributed by atoms with Crippen molar-refractivity contribution in [3.8, 4) is 11.5 Å². The molecule has 3 heterocycles. The van der Waals surface area contributed by atoms with Crippen molar-refractivity contribution in [3.63, 3.8) is 0 Å². The van der Waals surface area contributed by atoms with Gasteiger partial charge in [0.15, 0.2) is 11.3 Å². The van der Waals surface area contributed by atoms with Gasteiger partial charge >= 0.3 is 5.63 Å². The molecular formula is C21H20N2O5. The molecule has 1 aromatic carbocycles. The maximum absolute atomic E-state index is 13.0. The van der Waals surface area contributed by atoms with E-state index in [0.29, 0.717) is 35.6 Å². The molecule has 28 heavy (non-hydrogen) atoms. The SMILES string of the molecule is COc1cccc2cc(C(=O)N3CCC[C@H](Oc4ccncc4)C3)c(=O)oc12. The fourth-order valence-corrected chi connectivity index (χ4v) is 3.43. The van der Waals surface area contributed by atoms with Crippen LogP contribution in [0.3, 0.4) is 0 Å². The first kappa shape index (κ1) is 18.0. The summed E-state index contributed by atoms with van der Waals surface area (Å²) < 4.78 is 16.6. The number of amides is 1. The van der Waals surface area contributed by atoms with E-state index in [1.807, 2.05) is 0 Å². The van der Waals surface area contributed by atoms with Gasteiger partial charge in [-0.1, -0.05) is 12.1 Å². The number of ether oxygens (including phenoxy) is 2. The normalized spacial score (nSPS) is 16.8. The summed E-state index contributed by atoms with van der Waals surface area (Å²) in [6.07, 6.45) is 4.84. The van der Waals surface area contributed by atoms with E-state index in [2.05, 4.69) is 4.98 Å². The molecule has 144 valence electrons. The number of methoxy groups -OCH3 is 1. The van der Waals surface area contributed by atoms with Crippen LogP contribution in [0.4, 0.5) is 0 Å². The Balaban J connectivity index is 1.57. The smallest absolute Gasteiger partial charge is 0.349 e. The molecule has 7 heteroatoms. The van der Waals surface area contributed by atoms with E-state index in [0.717, 1.165) is 12.8 Å². The zero-order valence-corrected chi connectivity index (χ0v) is 15.5. The standard InChI is InChI=1S/C21H20N2O5/c1-26-18-6-2-4-14-12-17(21(25)28-19(14)18)20(24)23-11-3-5-16(13-23)27-15-7-9-22-10-8-15/h2,4,6-10,12,16H,3,5,11,13H2,1H3/t16-/m0/s1. The molecule has 1 aliphatic heterocycles. The molecule has 1 atom stereocenters. The number of piperidine rings is 1. The van der Waals surface area contributed by atoms with E-state index < -0.39 is 5.63 Å². The summed E-state index contributed by atoms with van der Waals surface area (Å²) in [6.45, 7) is 0.987. The van der Waals surface area contributed by atoms with Crippen molar-refractivity contribution in [3.05, 3.63) is 64.8 Å². The van der Waals surface area contributed by atoms with Gasteiger partial charge in [0.2, 0.25) is 0 Å². The second-order valence-corrected chi connectivity index (χ2v) is 6.64. The van der Waals surface area contributed by atoms with Gasteiger partial charge in [-0.25, -0.2) is 4.79 Å². The first-order valence-electron chi connectivity index (χ1n) is 9.12. The Morgan fingerprint density at radius 1 is 1.25 bits per heavy atom. The Bertz CT molecular complexity index is 1050. The molecule has 0 N–H and O–H groups in total. The molecule has 1 aliphatic rings. The summed E-state index contributed by atoms with van der Waals surface area (Å²) in [7, 11) is 1.50. The second-order valence-electron chi connectivity index (χ2n) is 6.64. The lowest BCUT2D eigenvalue weighted by atomic mass is 10.1. The number of fused-ring (bicyclic) bond motifs is 1. The van der Waals surface area contributed by atoms with Crippen LogP contribution in [-0.2, 0) is 0 Å². The lowest BCUT2D eigenvalue weighted by Gasteiger charge is -2.32. The minimum Gasteiger partial charge on any atom is -0.493 e. The fourth-order valence-electron chi connectivity index (χ4n) is 3.43. The Morgan fingerprint density at radius 2 is 2.07 bits per heavy atom. The highest BCUT2D eigenvalue weighted by atomic mass is 16.5. The average Bonchev–Trinajstić information content (AvgIpc) is 2.73. The number of rotatable bonds is 4. The number of para-hydroxylation sites is 1. The van der Waals surface area contributed by atoms with Crippen molar-refractivity contribution in [2.45, 2.75) is 18.9 Å². The summed E-state index contributed by atoms with van der Waals surface area (Å²) in [4.78, 5) is 31.1. The van der Waals surface area contributed by atoms with Gasteiger partial charge in [-0.05, 0) is 37.1 Å². The van der Waals surface area contributed by atoms with E-state index in [4.69, 9.17) is 13.9 Å². The molecule has 4 rings (SSSR count). The van der Waals surface area contributed by atoms with E-state index in [1.54, 1.807) is 53.7 Å². The van der Waals surface area contributed by atoms with Crippen LogP contribution in [0.5, 0.6) is 11.5 Å². The molecule has 0 unspecified atom stereocenters. The highest BCUT2D eigenvalue weighted by Gasteiger charge is 2.28. The average molecular weight is 380 g/mol. The van der Waals surface area contributed by atoms with Crippen LogP contribution in [0.1, 0.15) is 23.2 Å². The highest BCUT2D eigenvalue weighted by molar-refractivity contribution is 5.97. The van der Waals surface area contributed by atoms with Crippen molar-refractivity contribution in [2.24, 2.45) is 0 Å². The predicted molar refractivity (Wildman–Crippen MR) is 103 cm³/mol. The lowest BCUT2D eigenvalue weighted by molar-refractivity contribution is 0.0534. The number of benzene rings is 1. The Hall–Kier alpha value is -3.35. The number of carbonyl (C=O) groups excluding carboxylic acids is 1. The molecule has 0 aliphatic carbocycles. The summed E-state index contributed by atoms with van der Waals surface area (Å²) in [5, 5.41) is 0.642. The first-order chi connectivity index (χ1) is 13.7. The van der Waals surface area contributed by atoms with Gasteiger partial charge in [0.1, 0.15) is 17.4 Å². The quantitative estimate of drug-likeness (QED) is 0.648. The van der Waals surface area contributed by atoms with Crippen LogP contribution >= 0.6 is 0 Å². The molecule has 1 saturated heterocycles. The third kappa shape index (κ3) is 3.55. The van der Waals surface area contributed by atoms with Crippen LogP contribution in [0.2, 0.25) is 0 Å². The molecule has 7 nitrogen and oxygen atoms in total. The van der Waals surface area contributed by atoms with Crippen molar-refractivity contribution in [1.82, 2.24) is 9.88 Å². The summed E-state index contributed by atoms with van der Waals surface area (Å²) in [5.74, 6) is 0.825. The van der Waals surface area contributed by atoms with Crippen LogP contribution in [0.15, 0.2) is 58.0 Å². The maximum atomic E-state index is 13.0. The highest BCUT2D eigenvalue weighted by Crippen LogP contribution is 2.25. The zero-order valence-electron chi connectivity index (χ0n) is 15.5. The largest absolute Gasteiger partial charge is 0.493 e. The van der Waals surface area contributed by atoms with Gasteiger partial charge in [-0.15, -0.1) is 0 Å². The van der Waals surface area contributed by atoms with Gasteiger partial charge in [0.05, 0.1) is 13.7 Å². The van der Waals surface area contributed by atoms with E-state index >= 15 is 0 Å². The fraction of sp³-hybridized carbons (Fsp3) is 0.286. The molecule has 0 bridgehead atoms. The number of carbonyl (C=O) groups is 1. The van der Waals surface area contributed by atoms with Gasteiger partial charge in [0, 0.05) is 24.3 Å². The minimum atomic E-state index is -0.667. The first-order valence-corrected chi connectivity index (χ1v) is 9.12. The summed E-state index contributed by atoms with van der Waals surface area (Å²) in [6, 6.07) is 10.4. The Labute approximate surface area is 161 Å². The second kappa shape index (κ2) is 7.72. The van der Waals surface area contributed by atoms with Gasteiger partial charge in [0.25, 0.3) is 5.91 Å². The van der Waals surface area contributed by atoms with Crippen molar-refractivity contribution >= 4 is 16.9 Å². The molecule has 3 aromatic rings. The molecule has 1 amide bonds. The number of pyridine rings is 1. The molecular weight excluding hydrogens is 360 g/mol. The van der Waals surface area contributed by atoms with Crippen molar-refractivity contribution < 1.29 is 18.7 Å². The van der Waals surface area contributed by atoms with Crippen LogP contribution < -0.4 is 15.1 Å². The third-order valence-corrected chi connectivity index (χ3v) is 4.79. The van der Waals surface area contributed by atoms with E-state index in [-0.39, 0.29) is 17.6 Å². The zero-order chi connectivity index (χ0) is 19.5. The molecule has 0 radical (unpaired) electrons. The Kier molecular flexibility index (Phi) is 4.97. The monoisotopic (exact) mass is 380 g/mol. The topological polar surface area (TPSA) is 81.9 Å². The number of aromatic nitrogens is 1. The Morgan fingerprint density at radius 3 is 2.86 bits per heavy atom. The maximum Gasteiger partial charge on any atom is 0.349 e. The minimum absolute atomic E-state index is 0.0188. The van der Waals surface area contributed by atoms with Gasteiger partial charge in [-0.3, -0.25) is 9.78 Å². The van der Waals surface area contributed by atoms with Gasteiger partial charge < -0.3 is 18.8 Å². The van der Waals surface area contributed by atoms with Crippen LogP contribution in [0, 0.1) is 0 Å².